The Labute approximate surface area is 212 Å². The molecule has 0 radical (unpaired) electrons. The molecule has 1 unspecified atom stereocenters. The Morgan fingerprint density at radius 1 is 1.11 bits per heavy atom. The zero-order valence-electron chi connectivity index (χ0n) is 18.3. The number of nitrogens with one attached hydrogen (secondary N) is 1. The third-order valence-electron chi connectivity index (χ3n) is 5.84. The number of hydroxylamine groups is 1. The van der Waals surface area contributed by atoms with Crippen molar-refractivity contribution in [3.8, 4) is 0 Å². The van der Waals surface area contributed by atoms with Crippen molar-refractivity contribution < 1.29 is 40.0 Å². The monoisotopic (exact) mass is 570 g/mol. The van der Waals surface area contributed by atoms with E-state index in [1.54, 1.807) is 0 Å². The summed E-state index contributed by atoms with van der Waals surface area (Å²) in [5, 5.41) is -1.23. The molecule has 1 N–H and O–H groups in total. The number of nitrogens with zero attached hydrogens (tertiary/aromatic N) is 1. The number of alkyl halides is 4. The second kappa shape index (κ2) is 8.86. The Morgan fingerprint density at radius 3 is 2.17 bits per heavy atom. The van der Waals surface area contributed by atoms with E-state index >= 15 is 4.39 Å². The fourth-order valence-corrected chi connectivity index (χ4v) is 5.06. The van der Waals surface area contributed by atoms with Crippen LogP contribution in [0.3, 0.4) is 0 Å². The normalized spacial score (nSPS) is 21.6. The summed E-state index contributed by atoms with van der Waals surface area (Å²) in [6, 6.07) is 6.93. The van der Waals surface area contributed by atoms with Gasteiger partial charge in [-0.15, -0.1) is 0 Å². The van der Waals surface area contributed by atoms with Crippen molar-refractivity contribution in [3.63, 3.8) is 0 Å². The van der Waals surface area contributed by atoms with Crippen molar-refractivity contribution in [1.82, 2.24) is 10.4 Å². The van der Waals surface area contributed by atoms with E-state index in [1.165, 1.54) is 24.3 Å². The van der Waals surface area contributed by atoms with Crippen LogP contribution in [-0.4, -0.2) is 50.5 Å². The molecule has 0 aromatic heterocycles. The summed E-state index contributed by atoms with van der Waals surface area (Å²) in [6.07, 6.45) is -3.36. The average molecular weight is 571 g/mol. The molecule has 1 atom stereocenters. The molecule has 4 rings (SSSR count). The fraction of sp³-hybridized carbons (Fsp3) is 0.318. The predicted octanol–water partition coefficient (Wildman–Crippen LogP) is 4.52. The number of rotatable bonds is 5. The van der Waals surface area contributed by atoms with E-state index in [0.717, 1.165) is 29.4 Å². The van der Waals surface area contributed by atoms with E-state index in [0.29, 0.717) is 0 Å². The molecule has 36 heavy (non-hydrogen) atoms. The first-order valence-corrected chi connectivity index (χ1v) is 13.0. The van der Waals surface area contributed by atoms with Gasteiger partial charge in [0.2, 0.25) is 11.5 Å². The number of carbonyl (C=O) groups is 1. The maximum Gasteiger partial charge on any atom is 0.428 e. The van der Waals surface area contributed by atoms with E-state index < -0.39 is 60.4 Å². The van der Waals surface area contributed by atoms with Crippen molar-refractivity contribution >= 4 is 44.6 Å². The standard InChI is InChI=1S/C22H17Cl2F5N2O4S/c1-36(33,34)9-18(32)31-10-20(26,11-31)13-4-2-12(3-5-13)17-8-21(35-30-17,22(27,28)29)14-6-15(23)19(25)16(24)7-14/h2-8,30H,9-11H2,1H3. The van der Waals surface area contributed by atoms with E-state index in [2.05, 4.69) is 5.48 Å². The minimum Gasteiger partial charge on any atom is -0.335 e. The Morgan fingerprint density at radius 2 is 1.67 bits per heavy atom. The summed E-state index contributed by atoms with van der Waals surface area (Å²) >= 11 is 11.4. The predicted molar refractivity (Wildman–Crippen MR) is 122 cm³/mol. The van der Waals surface area contributed by atoms with Crippen LogP contribution in [0.5, 0.6) is 0 Å². The second-order valence-corrected chi connectivity index (χ2v) is 11.6. The molecule has 1 amide bonds. The first-order chi connectivity index (χ1) is 16.5. The van der Waals surface area contributed by atoms with Gasteiger partial charge in [0.25, 0.3) is 0 Å². The largest absolute Gasteiger partial charge is 0.428 e. The lowest BCUT2D eigenvalue weighted by atomic mass is 9.87. The van der Waals surface area contributed by atoms with E-state index in [1.807, 2.05) is 0 Å². The summed E-state index contributed by atoms with van der Waals surface area (Å²) in [6.45, 7) is -0.706. The summed E-state index contributed by atoms with van der Waals surface area (Å²) in [5.41, 5.74) is -3.02. The number of benzene rings is 2. The molecule has 14 heteroatoms. The van der Waals surface area contributed by atoms with E-state index in [4.69, 9.17) is 28.0 Å². The van der Waals surface area contributed by atoms with Gasteiger partial charge in [-0.1, -0.05) is 47.5 Å². The van der Waals surface area contributed by atoms with Crippen LogP contribution in [0.25, 0.3) is 5.70 Å². The van der Waals surface area contributed by atoms with Crippen LogP contribution >= 0.6 is 23.2 Å². The molecule has 2 aromatic carbocycles. The third-order valence-corrected chi connectivity index (χ3v) is 7.16. The molecule has 2 aromatic rings. The van der Waals surface area contributed by atoms with Crippen LogP contribution in [0.15, 0.2) is 42.5 Å². The lowest BCUT2D eigenvalue weighted by Crippen LogP contribution is -2.59. The summed E-state index contributed by atoms with van der Waals surface area (Å²) in [4.78, 5) is 17.9. The highest BCUT2D eigenvalue weighted by Gasteiger charge is 2.60. The van der Waals surface area contributed by atoms with Gasteiger partial charge in [-0.05, 0) is 29.3 Å². The van der Waals surface area contributed by atoms with Crippen molar-refractivity contribution in [2.75, 3.05) is 25.1 Å². The van der Waals surface area contributed by atoms with Crippen molar-refractivity contribution in [1.29, 1.82) is 0 Å². The van der Waals surface area contributed by atoms with Gasteiger partial charge >= 0.3 is 6.18 Å². The second-order valence-electron chi connectivity index (χ2n) is 8.61. The number of carbonyl (C=O) groups excluding carboxylic acids is 1. The highest BCUT2D eigenvalue weighted by Crippen LogP contribution is 2.48. The minimum atomic E-state index is -5.00. The minimum absolute atomic E-state index is 0.0954. The zero-order valence-corrected chi connectivity index (χ0v) is 20.6. The van der Waals surface area contributed by atoms with Crippen molar-refractivity contribution in [2.45, 2.75) is 17.4 Å². The molecule has 1 fully saturated rings. The van der Waals surface area contributed by atoms with Gasteiger partial charge < -0.3 is 4.90 Å². The Kier molecular flexibility index (Phi) is 6.56. The number of likely N-dealkylation sites (tertiary alicyclic amines) is 1. The summed E-state index contributed by atoms with van der Waals surface area (Å²) in [7, 11) is -3.56. The summed E-state index contributed by atoms with van der Waals surface area (Å²) in [5.74, 6) is -2.52. The molecule has 0 aliphatic carbocycles. The van der Waals surface area contributed by atoms with Gasteiger partial charge in [-0.25, -0.2) is 17.2 Å². The Hall–Kier alpha value is -2.41. The topological polar surface area (TPSA) is 75.7 Å². The van der Waals surface area contributed by atoms with Gasteiger partial charge in [-0.3, -0.25) is 15.1 Å². The molecule has 2 aliphatic rings. The molecule has 2 heterocycles. The molecule has 2 aliphatic heterocycles. The molecule has 194 valence electrons. The molecular weight excluding hydrogens is 554 g/mol. The van der Waals surface area contributed by atoms with Crippen LogP contribution < -0.4 is 5.48 Å². The molecule has 6 nitrogen and oxygen atoms in total. The number of amides is 1. The lowest BCUT2D eigenvalue weighted by molar-refractivity contribution is -0.269. The highest BCUT2D eigenvalue weighted by molar-refractivity contribution is 7.91. The quantitative estimate of drug-likeness (QED) is 0.422. The van der Waals surface area contributed by atoms with Crippen LogP contribution in [0.1, 0.15) is 16.7 Å². The first kappa shape index (κ1) is 26.6. The fourth-order valence-electron chi connectivity index (χ4n) is 3.94. The number of hydrogen-bond donors (Lipinski definition) is 1. The molecule has 0 saturated carbocycles. The maximum absolute atomic E-state index is 15.2. The molecule has 1 saturated heterocycles. The smallest absolute Gasteiger partial charge is 0.335 e. The summed E-state index contributed by atoms with van der Waals surface area (Å²) < 4.78 is 93.9. The van der Waals surface area contributed by atoms with Crippen molar-refractivity contribution in [2.24, 2.45) is 0 Å². The van der Waals surface area contributed by atoms with Crippen LogP contribution in [-0.2, 0) is 30.7 Å². The number of halogens is 7. The van der Waals surface area contributed by atoms with Gasteiger partial charge in [0.05, 0.1) is 28.8 Å². The number of sulfone groups is 1. The highest BCUT2D eigenvalue weighted by atomic mass is 35.5. The van der Waals surface area contributed by atoms with Crippen LogP contribution in [0, 0.1) is 5.82 Å². The zero-order chi connectivity index (χ0) is 26.7. The Bertz CT molecular complexity index is 1340. The van der Waals surface area contributed by atoms with E-state index in [-0.39, 0.29) is 29.9 Å². The van der Waals surface area contributed by atoms with Gasteiger partial charge in [-0.2, -0.15) is 13.2 Å². The van der Waals surface area contributed by atoms with Gasteiger partial charge in [0.1, 0.15) is 5.75 Å². The van der Waals surface area contributed by atoms with Gasteiger partial charge in [0.15, 0.2) is 21.3 Å². The van der Waals surface area contributed by atoms with Gasteiger partial charge in [0, 0.05) is 11.8 Å². The van der Waals surface area contributed by atoms with Crippen LogP contribution in [0.4, 0.5) is 22.0 Å². The third kappa shape index (κ3) is 4.79. The molecular formula is C22H17Cl2F5N2O4S. The first-order valence-electron chi connectivity index (χ1n) is 10.2. The SMILES string of the molecule is CS(=O)(=O)CC(=O)N1CC(F)(c2ccc(C3=CC(c4cc(Cl)c(F)c(Cl)c4)(C(F)(F)F)ON3)cc2)C1. The maximum atomic E-state index is 15.2. The molecule has 0 bridgehead atoms. The lowest BCUT2D eigenvalue weighted by Gasteiger charge is -2.44. The molecule has 0 spiro atoms. The number of hydrogen-bond acceptors (Lipinski definition) is 5. The Balaban J connectivity index is 1.58. The average Bonchev–Trinajstić information content (AvgIpc) is 3.21. The van der Waals surface area contributed by atoms with Crippen molar-refractivity contribution in [3.05, 3.63) is 75.0 Å². The van der Waals surface area contributed by atoms with E-state index in [9.17, 15) is 30.8 Å². The van der Waals surface area contributed by atoms with Crippen LogP contribution in [0.2, 0.25) is 10.0 Å².